The molecule has 0 radical (unpaired) electrons. The van der Waals surface area contributed by atoms with Gasteiger partial charge in [-0.1, -0.05) is 54.1 Å². The van der Waals surface area contributed by atoms with Crippen LogP contribution in [-0.4, -0.2) is 18.3 Å². The lowest BCUT2D eigenvalue weighted by molar-refractivity contribution is 0.280. The summed E-state index contributed by atoms with van der Waals surface area (Å²) in [7, 11) is 0. The summed E-state index contributed by atoms with van der Waals surface area (Å²) in [6.45, 7) is 1.31. The molecule has 28 heavy (non-hydrogen) atoms. The average Bonchev–Trinajstić information content (AvgIpc) is 2.74. The minimum atomic E-state index is 0.0729. The molecule has 0 spiro atoms. The topological polar surface area (TPSA) is 36.4 Å². The summed E-state index contributed by atoms with van der Waals surface area (Å²) in [5, 5.41) is 12.4. The van der Waals surface area contributed by atoms with E-state index in [2.05, 4.69) is 22.8 Å². The molecule has 0 unspecified atom stereocenters. The lowest BCUT2D eigenvalue weighted by atomic mass is 10.1. The number of hydrogen-bond donors (Lipinski definition) is 1. The molecule has 0 fully saturated rings. The van der Waals surface area contributed by atoms with Crippen LogP contribution >= 0.6 is 11.6 Å². The molecule has 0 bridgehead atoms. The van der Waals surface area contributed by atoms with Crippen molar-refractivity contribution in [3.63, 3.8) is 0 Å². The number of hydrogen-bond acceptors (Lipinski definition) is 2. The number of aliphatic hydroxyl groups is 1. The summed E-state index contributed by atoms with van der Waals surface area (Å²) in [5.41, 5.74) is 2.95. The van der Waals surface area contributed by atoms with Crippen LogP contribution in [0.15, 0.2) is 89.3 Å². The van der Waals surface area contributed by atoms with Gasteiger partial charge < -0.3 is 9.52 Å². The molecule has 1 aromatic heterocycles. The zero-order valence-corrected chi connectivity index (χ0v) is 16.1. The normalized spacial score (nSPS) is 12.2. The predicted molar refractivity (Wildman–Crippen MR) is 114 cm³/mol. The Bertz CT molecular complexity index is 1150. The third kappa shape index (κ3) is 4.01. The van der Waals surface area contributed by atoms with Crippen molar-refractivity contribution in [1.82, 2.24) is 4.58 Å². The number of aliphatic hydroxyl groups excluding tert-OH is 1. The molecule has 0 saturated heterocycles. The van der Waals surface area contributed by atoms with E-state index >= 15 is 0 Å². The summed E-state index contributed by atoms with van der Waals surface area (Å²) in [6.07, 6.45) is 0. The number of para-hydroxylation sites is 1. The van der Waals surface area contributed by atoms with Crippen LogP contribution in [0.5, 0.6) is 0 Å². The van der Waals surface area contributed by atoms with Crippen molar-refractivity contribution in [3.8, 4) is 11.3 Å². The highest BCUT2D eigenvalue weighted by atomic mass is 35.5. The quantitative estimate of drug-likeness (QED) is 0.500. The van der Waals surface area contributed by atoms with Crippen LogP contribution in [0.4, 0.5) is 0 Å². The second-order valence-corrected chi connectivity index (χ2v) is 7.07. The number of rotatable bonds is 5. The van der Waals surface area contributed by atoms with Gasteiger partial charge in [0.2, 0.25) is 5.36 Å². The number of nitrogens with zero attached hydrogens (tertiary/aromatic N) is 1. The summed E-state index contributed by atoms with van der Waals surface area (Å²) < 4.78 is 8.36. The van der Waals surface area contributed by atoms with E-state index in [-0.39, 0.29) is 6.61 Å². The second-order valence-electron chi connectivity index (χ2n) is 6.63. The van der Waals surface area contributed by atoms with E-state index in [1.165, 1.54) is 5.56 Å². The van der Waals surface area contributed by atoms with Crippen LogP contribution in [-0.2, 0) is 6.54 Å². The van der Waals surface area contributed by atoms with E-state index in [1.54, 1.807) is 0 Å². The third-order valence-corrected chi connectivity index (χ3v) is 4.96. The Balaban J connectivity index is 1.96. The van der Waals surface area contributed by atoms with Crippen molar-refractivity contribution in [2.24, 2.45) is 0 Å². The van der Waals surface area contributed by atoms with Gasteiger partial charge in [0.25, 0.3) is 0 Å². The minimum absolute atomic E-state index is 0.0729. The first-order valence-corrected chi connectivity index (χ1v) is 9.64. The summed E-state index contributed by atoms with van der Waals surface area (Å²) >= 11 is 6.04. The van der Waals surface area contributed by atoms with Crippen molar-refractivity contribution < 1.29 is 9.52 Å². The lowest BCUT2D eigenvalue weighted by Gasteiger charge is -2.07. The van der Waals surface area contributed by atoms with Crippen molar-refractivity contribution >= 4 is 22.6 Å². The largest absolute Gasteiger partial charge is 0.456 e. The van der Waals surface area contributed by atoms with E-state index in [9.17, 15) is 5.11 Å². The van der Waals surface area contributed by atoms with Crippen LogP contribution in [0.2, 0.25) is 5.02 Å². The first-order valence-electron chi connectivity index (χ1n) is 9.26. The first kappa shape index (κ1) is 18.5. The van der Waals surface area contributed by atoms with Crippen LogP contribution in [0.25, 0.3) is 22.3 Å². The predicted octanol–water partition coefficient (Wildman–Crippen LogP) is 4.72. The fourth-order valence-corrected chi connectivity index (χ4v) is 3.47. The molecule has 4 heteroatoms. The number of benzene rings is 3. The molecule has 0 amide bonds. The molecule has 0 saturated carbocycles. The van der Waals surface area contributed by atoms with Gasteiger partial charge in [0.15, 0.2) is 13.1 Å². The van der Waals surface area contributed by atoms with Gasteiger partial charge in [-0.05, 0) is 36.4 Å². The van der Waals surface area contributed by atoms with E-state index in [0.717, 1.165) is 27.7 Å². The molecule has 0 aliphatic rings. The minimum Gasteiger partial charge on any atom is -0.456 e. The Morgan fingerprint density at radius 3 is 2.32 bits per heavy atom. The third-order valence-electron chi connectivity index (χ3n) is 4.71. The molecular weight excluding hydrogens is 370 g/mol. The Labute approximate surface area is 168 Å². The number of halogens is 1. The van der Waals surface area contributed by atoms with Crippen LogP contribution in [0, 0.1) is 0 Å². The highest BCUT2D eigenvalue weighted by Gasteiger charge is 2.14. The van der Waals surface area contributed by atoms with Gasteiger partial charge >= 0.3 is 0 Å². The fourth-order valence-electron chi connectivity index (χ4n) is 3.34. The molecule has 3 aromatic carbocycles. The Morgan fingerprint density at radius 2 is 1.57 bits per heavy atom. The maximum absolute atomic E-state index is 9.69. The maximum Gasteiger partial charge on any atom is 0.215 e. The van der Waals surface area contributed by atoms with Crippen LogP contribution in [0.3, 0.4) is 0 Å². The van der Waals surface area contributed by atoms with Crippen LogP contribution < -0.4 is 9.93 Å². The zero-order valence-electron chi connectivity index (χ0n) is 15.4. The van der Waals surface area contributed by atoms with E-state index < -0.39 is 0 Å². The van der Waals surface area contributed by atoms with E-state index in [4.69, 9.17) is 16.0 Å². The first-order chi connectivity index (χ1) is 13.7. The molecule has 4 aromatic rings. The molecule has 3 nitrogen and oxygen atoms in total. The van der Waals surface area contributed by atoms with Crippen molar-refractivity contribution in [2.75, 3.05) is 13.2 Å². The van der Waals surface area contributed by atoms with Crippen molar-refractivity contribution in [1.29, 1.82) is 0 Å². The number of fused-ring (bicyclic) bond motifs is 1. The molecule has 0 aliphatic heterocycles. The molecule has 1 heterocycles. The van der Waals surface area contributed by atoms with Gasteiger partial charge in [0, 0.05) is 16.1 Å². The summed E-state index contributed by atoms with van der Waals surface area (Å²) in [4.78, 5) is 0. The second kappa shape index (κ2) is 8.42. The monoisotopic (exact) mass is 390 g/mol. The molecule has 4 rings (SSSR count). The van der Waals surface area contributed by atoms with Gasteiger partial charge in [-0.25, -0.2) is 4.58 Å². The zero-order chi connectivity index (χ0) is 19.3. The van der Waals surface area contributed by atoms with E-state index in [1.807, 2.05) is 66.7 Å². The Kier molecular flexibility index (Phi) is 5.56. The van der Waals surface area contributed by atoms with Gasteiger partial charge in [-0.15, -0.1) is 0 Å². The standard InChI is InChI=1S/C24H21ClNO2/c25-20-12-10-19(11-13-20)24-16-22(21-8-4-5-9-23(21)28-24)26(14-15-27)17-18-6-2-1-3-7-18/h1-13,16,27H,14-15,17H2/q+1. The Morgan fingerprint density at radius 1 is 0.857 bits per heavy atom. The van der Waals surface area contributed by atoms with Gasteiger partial charge in [0.05, 0.1) is 11.5 Å². The van der Waals surface area contributed by atoms with Gasteiger partial charge in [-0.2, -0.15) is 0 Å². The smallest absolute Gasteiger partial charge is 0.215 e. The lowest BCUT2D eigenvalue weighted by Crippen LogP contribution is -2.32. The van der Waals surface area contributed by atoms with Gasteiger partial charge in [-0.3, -0.25) is 0 Å². The highest BCUT2D eigenvalue weighted by Crippen LogP contribution is 2.23. The molecular formula is C24H21ClNO2+. The van der Waals surface area contributed by atoms with Crippen molar-refractivity contribution in [2.45, 2.75) is 6.54 Å². The van der Waals surface area contributed by atoms with E-state index in [0.29, 0.717) is 18.1 Å². The highest BCUT2D eigenvalue weighted by molar-refractivity contribution is 6.30. The summed E-state index contributed by atoms with van der Waals surface area (Å²) in [5.74, 6) is 0.765. The molecule has 0 aliphatic carbocycles. The molecule has 140 valence electrons. The van der Waals surface area contributed by atoms with Crippen molar-refractivity contribution in [3.05, 3.63) is 101 Å². The molecule has 1 N–H and O–H groups in total. The summed E-state index contributed by atoms with van der Waals surface area (Å²) in [6, 6.07) is 27.9. The Hall–Kier alpha value is -2.88. The van der Waals surface area contributed by atoms with Crippen LogP contribution in [0.1, 0.15) is 5.56 Å². The average molecular weight is 391 g/mol. The van der Waals surface area contributed by atoms with Gasteiger partial charge in [0.1, 0.15) is 18.0 Å². The SMILES string of the molecule is OCC[N+](Cc1ccccc1)=c1cc(-c2ccc(Cl)cc2)oc2ccccc12. The molecule has 0 atom stereocenters. The maximum atomic E-state index is 9.69. The fraction of sp³-hybridized carbons (Fsp3) is 0.125.